The summed E-state index contributed by atoms with van der Waals surface area (Å²) in [6.45, 7) is -0.369. The Bertz CT molecular complexity index is 105. The topological polar surface area (TPSA) is 75.8 Å². The first-order valence-electron chi connectivity index (χ1n) is 2.81. The van der Waals surface area contributed by atoms with E-state index in [0.717, 1.165) is 5.06 Å². The molecule has 0 saturated carbocycles. The van der Waals surface area contributed by atoms with E-state index in [1.165, 1.54) is 14.2 Å². The maximum atomic E-state index is 10.8. The molecule has 0 aliphatic carbocycles. The molecule has 5 nitrogen and oxygen atoms in total. The molecule has 0 rings (SSSR count). The van der Waals surface area contributed by atoms with Crippen LogP contribution in [-0.2, 0) is 9.63 Å². The Balaban J connectivity index is 3.82. The second kappa shape index (κ2) is 4.21. The van der Waals surface area contributed by atoms with E-state index in [0.29, 0.717) is 0 Å². The molecule has 60 valence electrons. The van der Waals surface area contributed by atoms with Gasteiger partial charge in [-0.3, -0.25) is 9.63 Å². The molecule has 3 N–H and O–H groups in total. The second-order valence-electron chi connectivity index (χ2n) is 1.81. The number of aliphatic hydroxyl groups excluding tert-OH is 1. The average molecular weight is 148 g/mol. The minimum Gasteiger partial charge on any atom is -0.394 e. The van der Waals surface area contributed by atoms with Crippen molar-refractivity contribution in [3.63, 3.8) is 0 Å². The second-order valence-corrected chi connectivity index (χ2v) is 1.81. The normalized spacial score (nSPS) is 12.8. The van der Waals surface area contributed by atoms with E-state index >= 15 is 0 Å². The van der Waals surface area contributed by atoms with Crippen LogP contribution in [0.3, 0.4) is 0 Å². The highest BCUT2D eigenvalue weighted by molar-refractivity contribution is 5.80. The summed E-state index contributed by atoms with van der Waals surface area (Å²) in [4.78, 5) is 15.3. The number of hydroxylamine groups is 2. The van der Waals surface area contributed by atoms with E-state index in [2.05, 4.69) is 4.84 Å². The number of hydrogen-bond donors (Lipinski definition) is 2. The molecule has 0 aromatic carbocycles. The summed E-state index contributed by atoms with van der Waals surface area (Å²) < 4.78 is 0. The Morgan fingerprint density at radius 2 is 2.40 bits per heavy atom. The van der Waals surface area contributed by atoms with Crippen LogP contribution in [0.25, 0.3) is 0 Å². The molecule has 5 heteroatoms. The smallest absolute Gasteiger partial charge is 0.265 e. The zero-order chi connectivity index (χ0) is 8.15. The summed E-state index contributed by atoms with van der Waals surface area (Å²) >= 11 is 0. The zero-order valence-electron chi connectivity index (χ0n) is 6.07. The third kappa shape index (κ3) is 2.30. The van der Waals surface area contributed by atoms with Crippen molar-refractivity contribution < 1.29 is 14.7 Å². The number of hydrogen-bond acceptors (Lipinski definition) is 4. The Labute approximate surface area is 59.3 Å². The lowest BCUT2D eigenvalue weighted by Crippen LogP contribution is -2.43. The van der Waals surface area contributed by atoms with E-state index in [9.17, 15) is 4.79 Å². The lowest BCUT2D eigenvalue weighted by atomic mass is 10.3. The Morgan fingerprint density at radius 1 is 1.90 bits per heavy atom. The van der Waals surface area contributed by atoms with Crippen LogP contribution in [-0.4, -0.2) is 42.9 Å². The number of carbonyl (C=O) groups is 1. The van der Waals surface area contributed by atoms with Gasteiger partial charge in [0.05, 0.1) is 13.7 Å². The van der Waals surface area contributed by atoms with E-state index in [4.69, 9.17) is 10.8 Å². The standard InChI is InChI=1S/C5H12N2O3/c1-7(10-2)5(9)4(6)3-8/h4,8H,3,6H2,1-2H3/t4-/m0/s1. The number of rotatable bonds is 3. The Kier molecular flexibility index (Phi) is 3.94. The third-order valence-electron chi connectivity index (χ3n) is 1.10. The van der Waals surface area contributed by atoms with Gasteiger partial charge in [-0.05, 0) is 0 Å². The molecule has 1 amide bonds. The van der Waals surface area contributed by atoms with Crippen molar-refractivity contribution in [3.05, 3.63) is 0 Å². The molecule has 0 heterocycles. The summed E-state index contributed by atoms with van der Waals surface area (Å²) in [5, 5.41) is 9.39. The van der Waals surface area contributed by atoms with Crippen molar-refractivity contribution in [1.82, 2.24) is 5.06 Å². The summed E-state index contributed by atoms with van der Waals surface area (Å²) in [6, 6.07) is -0.884. The van der Waals surface area contributed by atoms with Gasteiger partial charge in [-0.1, -0.05) is 0 Å². The average Bonchev–Trinajstić information content (AvgIpc) is 2.00. The molecule has 0 aliphatic heterocycles. The highest BCUT2D eigenvalue weighted by Gasteiger charge is 2.15. The summed E-state index contributed by atoms with van der Waals surface area (Å²) in [5.74, 6) is -0.440. The minimum atomic E-state index is -0.884. The quantitative estimate of drug-likeness (QED) is 0.469. The fourth-order valence-electron chi connectivity index (χ4n) is 0.402. The molecule has 0 spiro atoms. The molecule has 10 heavy (non-hydrogen) atoms. The monoisotopic (exact) mass is 148 g/mol. The van der Waals surface area contributed by atoms with Crippen LogP contribution < -0.4 is 5.73 Å². The van der Waals surface area contributed by atoms with Crippen molar-refractivity contribution >= 4 is 5.91 Å². The summed E-state index contributed by atoms with van der Waals surface area (Å²) in [5.41, 5.74) is 5.17. The lowest BCUT2D eigenvalue weighted by molar-refractivity contribution is -0.170. The van der Waals surface area contributed by atoms with Crippen molar-refractivity contribution in [2.24, 2.45) is 5.73 Å². The molecule has 0 unspecified atom stereocenters. The first kappa shape index (κ1) is 9.35. The van der Waals surface area contributed by atoms with Crippen molar-refractivity contribution in [3.8, 4) is 0 Å². The lowest BCUT2D eigenvalue weighted by Gasteiger charge is -2.16. The number of aliphatic hydroxyl groups is 1. The fraction of sp³-hybridized carbons (Fsp3) is 0.800. The van der Waals surface area contributed by atoms with Gasteiger partial charge in [0.1, 0.15) is 6.04 Å². The van der Waals surface area contributed by atoms with Gasteiger partial charge in [-0.15, -0.1) is 0 Å². The van der Waals surface area contributed by atoms with Crippen LogP contribution in [0, 0.1) is 0 Å². The molecule has 0 aliphatic rings. The molecule has 0 fully saturated rings. The van der Waals surface area contributed by atoms with E-state index < -0.39 is 11.9 Å². The Morgan fingerprint density at radius 3 is 2.70 bits per heavy atom. The third-order valence-corrected chi connectivity index (χ3v) is 1.10. The summed E-state index contributed by atoms with van der Waals surface area (Å²) in [7, 11) is 2.78. The van der Waals surface area contributed by atoms with Gasteiger partial charge < -0.3 is 10.8 Å². The first-order valence-corrected chi connectivity index (χ1v) is 2.81. The van der Waals surface area contributed by atoms with Gasteiger partial charge >= 0.3 is 0 Å². The minimum absolute atomic E-state index is 0.369. The van der Waals surface area contributed by atoms with Gasteiger partial charge in [0.2, 0.25) is 0 Å². The molecule has 0 bridgehead atoms. The maximum absolute atomic E-state index is 10.8. The largest absolute Gasteiger partial charge is 0.394 e. The zero-order valence-corrected chi connectivity index (χ0v) is 6.07. The Hall–Kier alpha value is -0.650. The number of likely N-dealkylation sites (N-methyl/N-ethyl adjacent to an activating group) is 1. The molecule has 0 aromatic heterocycles. The van der Waals surface area contributed by atoms with Crippen LogP contribution in [0.15, 0.2) is 0 Å². The van der Waals surface area contributed by atoms with Gasteiger partial charge in [0, 0.05) is 7.05 Å². The van der Waals surface area contributed by atoms with Crippen LogP contribution in [0.4, 0.5) is 0 Å². The SMILES string of the molecule is CON(C)C(=O)[C@@H](N)CO. The highest BCUT2D eigenvalue weighted by Crippen LogP contribution is 1.87. The predicted octanol–water partition coefficient (Wildman–Crippen LogP) is -1.67. The van der Waals surface area contributed by atoms with Crippen LogP contribution in [0.5, 0.6) is 0 Å². The molecule has 0 saturated heterocycles. The van der Waals surface area contributed by atoms with Crippen LogP contribution >= 0.6 is 0 Å². The van der Waals surface area contributed by atoms with E-state index in [1.54, 1.807) is 0 Å². The van der Waals surface area contributed by atoms with Gasteiger partial charge in [0.15, 0.2) is 0 Å². The predicted molar refractivity (Wildman–Crippen MR) is 34.8 cm³/mol. The highest BCUT2D eigenvalue weighted by atomic mass is 16.7. The van der Waals surface area contributed by atoms with Crippen molar-refractivity contribution in [1.29, 1.82) is 0 Å². The molecule has 0 radical (unpaired) electrons. The molecule has 1 atom stereocenters. The van der Waals surface area contributed by atoms with Gasteiger partial charge in [0.25, 0.3) is 5.91 Å². The summed E-state index contributed by atoms with van der Waals surface area (Å²) in [6.07, 6.45) is 0. The number of nitrogens with two attached hydrogens (primary N) is 1. The van der Waals surface area contributed by atoms with E-state index in [1.807, 2.05) is 0 Å². The van der Waals surface area contributed by atoms with Crippen molar-refractivity contribution in [2.75, 3.05) is 20.8 Å². The van der Waals surface area contributed by atoms with Gasteiger partial charge in [-0.25, -0.2) is 5.06 Å². The van der Waals surface area contributed by atoms with Gasteiger partial charge in [-0.2, -0.15) is 0 Å². The number of nitrogens with zero attached hydrogens (tertiary/aromatic N) is 1. The van der Waals surface area contributed by atoms with Crippen LogP contribution in [0.2, 0.25) is 0 Å². The molecule has 0 aromatic rings. The fourth-order valence-corrected chi connectivity index (χ4v) is 0.402. The van der Waals surface area contributed by atoms with Crippen LogP contribution in [0.1, 0.15) is 0 Å². The maximum Gasteiger partial charge on any atom is 0.265 e. The number of carbonyl (C=O) groups excluding carboxylic acids is 1. The van der Waals surface area contributed by atoms with E-state index in [-0.39, 0.29) is 6.61 Å². The first-order chi connectivity index (χ1) is 4.63. The van der Waals surface area contributed by atoms with Crippen molar-refractivity contribution in [2.45, 2.75) is 6.04 Å². The number of amides is 1. The molecular weight excluding hydrogens is 136 g/mol. The molecular formula is C5H12N2O3.